The van der Waals surface area contributed by atoms with Crippen LogP contribution in [0.1, 0.15) is 0 Å². The number of aliphatic hydroxyl groups excluding tert-OH is 1. The minimum atomic E-state index is -3.34. The predicted molar refractivity (Wildman–Crippen MR) is 61.4 cm³/mol. The summed E-state index contributed by atoms with van der Waals surface area (Å²) in [6.07, 6.45) is -0.982. The number of carbonyl (C=O) groups is 1. The molecule has 0 spiro atoms. The molecule has 1 aromatic rings. The van der Waals surface area contributed by atoms with Crippen LogP contribution in [0.15, 0.2) is 24.3 Å². The second kappa shape index (κ2) is 5.40. The predicted octanol–water partition coefficient (Wildman–Crippen LogP) is 0.570. The van der Waals surface area contributed by atoms with Gasteiger partial charge in [0, 0.05) is 0 Å². The first kappa shape index (κ1) is 13.5. The number of alkyl halides is 2. The number of carbonyl (C=O) groups excluding carboxylic acids is 1. The fourth-order valence-electron chi connectivity index (χ4n) is 1.53. The van der Waals surface area contributed by atoms with E-state index in [-0.39, 0.29) is 6.61 Å². The smallest absolute Gasteiger partial charge is 0.287 e. The molecule has 1 aliphatic rings. The van der Waals surface area contributed by atoms with Crippen molar-refractivity contribution in [1.29, 1.82) is 0 Å². The highest BCUT2D eigenvalue weighted by molar-refractivity contribution is 5.81. The van der Waals surface area contributed by atoms with Gasteiger partial charge in [0.15, 0.2) is 11.5 Å². The normalized spacial score (nSPS) is 17.9. The summed E-state index contributed by atoms with van der Waals surface area (Å²) in [5.74, 6) is -3.15. The molecule has 2 rings (SSSR count). The maximum atomic E-state index is 12.8. The van der Waals surface area contributed by atoms with E-state index in [2.05, 4.69) is 0 Å². The summed E-state index contributed by atoms with van der Waals surface area (Å²) in [6, 6.07) is 6.77. The van der Waals surface area contributed by atoms with Gasteiger partial charge in [-0.1, -0.05) is 12.1 Å². The lowest BCUT2D eigenvalue weighted by molar-refractivity contribution is -0.133. The topological polar surface area (TPSA) is 67.8 Å². The van der Waals surface area contributed by atoms with Crippen LogP contribution in [0, 0.1) is 0 Å². The molecular weight excluding hydrogens is 260 g/mol. The Bertz CT molecular complexity index is 467. The summed E-state index contributed by atoms with van der Waals surface area (Å²) in [4.78, 5) is 11.6. The van der Waals surface area contributed by atoms with Crippen LogP contribution in [0.3, 0.4) is 0 Å². The van der Waals surface area contributed by atoms with Crippen molar-refractivity contribution in [3.8, 4) is 11.5 Å². The highest BCUT2D eigenvalue weighted by Crippen LogP contribution is 2.30. The second-order valence-electron chi connectivity index (χ2n) is 4.10. The van der Waals surface area contributed by atoms with Gasteiger partial charge in [0.2, 0.25) is 6.10 Å². The summed E-state index contributed by atoms with van der Waals surface area (Å²) >= 11 is 0. The SMILES string of the molecule is O=C(NCC(F)(F)CO)C1COc2ccccc2O1. The first-order chi connectivity index (χ1) is 9.02. The summed E-state index contributed by atoms with van der Waals surface area (Å²) in [6.45, 7) is -2.31. The quantitative estimate of drug-likeness (QED) is 0.841. The summed E-state index contributed by atoms with van der Waals surface area (Å²) in [5, 5.41) is 10.4. The first-order valence-corrected chi connectivity index (χ1v) is 5.67. The molecule has 5 nitrogen and oxygen atoms in total. The number of hydrogen-bond acceptors (Lipinski definition) is 4. The molecule has 19 heavy (non-hydrogen) atoms. The number of para-hydroxylation sites is 2. The van der Waals surface area contributed by atoms with Crippen molar-refractivity contribution in [2.24, 2.45) is 0 Å². The Labute approximate surface area is 108 Å². The molecule has 0 aromatic heterocycles. The van der Waals surface area contributed by atoms with Gasteiger partial charge in [0.05, 0.1) is 6.54 Å². The minimum Gasteiger partial charge on any atom is -0.485 e. The Balaban J connectivity index is 1.92. The third-order valence-electron chi connectivity index (χ3n) is 2.55. The molecule has 2 N–H and O–H groups in total. The van der Waals surface area contributed by atoms with Crippen LogP contribution in [-0.2, 0) is 4.79 Å². The number of nitrogens with one attached hydrogen (secondary N) is 1. The first-order valence-electron chi connectivity index (χ1n) is 5.67. The molecule has 1 unspecified atom stereocenters. The molecule has 1 atom stereocenters. The third-order valence-corrected chi connectivity index (χ3v) is 2.55. The van der Waals surface area contributed by atoms with Gasteiger partial charge < -0.3 is 19.9 Å². The lowest BCUT2D eigenvalue weighted by atomic mass is 10.2. The van der Waals surface area contributed by atoms with Gasteiger partial charge in [0.25, 0.3) is 11.8 Å². The van der Waals surface area contributed by atoms with Crippen LogP contribution >= 0.6 is 0 Å². The van der Waals surface area contributed by atoms with E-state index in [0.717, 1.165) is 0 Å². The molecule has 0 saturated carbocycles. The molecule has 1 aliphatic heterocycles. The second-order valence-corrected chi connectivity index (χ2v) is 4.10. The molecule has 1 aromatic carbocycles. The van der Waals surface area contributed by atoms with E-state index in [4.69, 9.17) is 14.6 Å². The van der Waals surface area contributed by atoms with Crippen molar-refractivity contribution in [1.82, 2.24) is 5.32 Å². The van der Waals surface area contributed by atoms with Gasteiger partial charge in [-0.05, 0) is 12.1 Å². The van der Waals surface area contributed by atoms with E-state index in [9.17, 15) is 13.6 Å². The van der Waals surface area contributed by atoms with Gasteiger partial charge in [-0.15, -0.1) is 0 Å². The van der Waals surface area contributed by atoms with Gasteiger partial charge >= 0.3 is 0 Å². The Morgan fingerprint density at radius 1 is 1.42 bits per heavy atom. The van der Waals surface area contributed by atoms with E-state index >= 15 is 0 Å². The summed E-state index contributed by atoms with van der Waals surface area (Å²) in [5.41, 5.74) is 0. The largest absolute Gasteiger partial charge is 0.485 e. The Morgan fingerprint density at radius 2 is 2.11 bits per heavy atom. The molecule has 1 amide bonds. The maximum Gasteiger partial charge on any atom is 0.287 e. The van der Waals surface area contributed by atoms with Crippen LogP contribution in [0.4, 0.5) is 8.78 Å². The number of rotatable bonds is 4. The molecule has 7 heteroatoms. The van der Waals surface area contributed by atoms with E-state index in [1.807, 2.05) is 5.32 Å². The molecule has 1 heterocycles. The fourth-order valence-corrected chi connectivity index (χ4v) is 1.53. The Hall–Kier alpha value is -1.89. The zero-order valence-corrected chi connectivity index (χ0v) is 9.94. The van der Waals surface area contributed by atoms with Crippen LogP contribution in [-0.4, -0.2) is 42.8 Å². The minimum absolute atomic E-state index is 0.0481. The van der Waals surface area contributed by atoms with Crippen LogP contribution < -0.4 is 14.8 Å². The number of halogens is 2. The lowest BCUT2D eigenvalue weighted by Crippen LogP contribution is -2.48. The number of amides is 1. The highest BCUT2D eigenvalue weighted by atomic mass is 19.3. The van der Waals surface area contributed by atoms with E-state index in [1.165, 1.54) is 0 Å². The van der Waals surface area contributed by atoms with Crippen LogP contribution in [0.5, 0.6) is 11.5 Å². The maximum absolute atomic E-state index is 12.8. The Kier molecular flexibility index (Phi) is 3.84. The molecule has 0 fully saturated rings. The lowest BCUT2D eigenvalue weighted by Gasteiger charge is -2.26. The number of ether oxygens (including phenoxy) is 2. The van der Waals surface area contributed by atoms with Crippen molar-refractivity contribution in [2.75, 3.05) is 19.8 Å². The number of fused-ring (bicyclic) bond motifs is 1. The Morgan fingerprint density at radius 3 is 2.79 bits per heavy atom. The molecule has 0 aliphatic carbocycles. The molecule has 104 valence electrons. The van der Waals surface area contributed by atoms with Gasteiger partial charge in [0.1, 0.15) is 13.2 Å². The van der Waals surface area contributed by atoms with Gasteiger partial charge in [-0.3, -0.25) is 4.79 Å². The molecule has 0 radical (unpaired) electrons. The van der Waals surface area contributed by atoms with E-state index in [1.54, 1.807) is 24.3 Å². The fraction of sp³-hybridized carbons (Fsp3) is 0.417. The number of hydrogen-bond donors (Lipinski definition) is 2. The van der Waals surface area contributed by atoms with Crippen molar-refractivity contribution in [2.45, 2.75) is 12.0 Å². The highest BCUT2D eigenvalue weighted by Gasteiger charge is 2.32. The average Bonchev–Trinajstić information content (AvgIpc) is 2.44. The third kappa shape index (κ3) is 3.31. The van der Waals surface area contributed by atoms with Crippen LogP contribution in [0.25, 0.3) is 0 Å². The van der Waals surface area contributed by atoms with Crippen molar-refractivity contribution < 1.29 is 28.2 Å². The van der Waals surface area contributed by atoms with Crippen molar-refractivity contribution >= 4 is 5.91 Å². The van der Waals surface area contributed by atoms with E-state index in [0.29, 0.717) is 11.5 Å². The zero-order valence-electron chi connectivity index (χ0n) is 9.94. The summed E-state index contributed by atoms with van der Waals surface area (Å²) in [7, 11) is 0. The van der Waals surface area contributed by atoms with Gasteiger partial charge in [-0.2, -0.15) is 0 Å². The summed E-state index contributed by atoms with van der Waals surface area (Å²) < 4.78 is 36.2. The molecule has 0 bridgehead atoms. The van der Waals surface area contributed by atoms with Crippen molar-refractivity contribution in [3.63, 3.8) is 0 Å². The van der Waals surface area contributed by atoms with Crippen LogP contribution in [0.2, 0.25) is 0 Å². The molecule has 0 saturated heterocycles. The molecular formula is C12H13F2NO4. The average molecular weight is 273 g/mol. The number of aliphatic hydroxyl groups is 1. The van der Waals surface area contributed by atoms with Gasteiger partial charge in [-0.25, -0.2) is 8.78 Å². The van der Waals surface area contributed by atoms with E-state index < -0.39 is 31.1 Å². The number of benzene rings is 1. The monoisotopic (exact) mass is 273 g/mol. The van der Waals surface area contributed by atoms with Crippen molar-refractivity contribution in [3.05, 3.63) is 24.3 Å². The zero-order chi connectivity index (χ0) is 13.9. The standard InChI is InChI=1S/C12H13F2NO4/c13-12(14,7-16)6-15-11(17)10-5-18-8-3-1-2-4-9(8)19-10/h1-4,10,16H,5-7H2,(H,15,17).